The highest BCUT2D eigenvalue weighted by atomic mass is 16.5. The Balaban J connectivity index is 3.87. The van der Waals surface area contributed by atoms with Gasteiger partial charge < -0.3 is 9.47 Å². The number of ether oxygens (including phenoxy) is 2. The van der Waals surface area contributed by atoms with E-state index in [2.05, 4.69) is 34.6 Å². The number of rotatable bonds is 8. The molecule has 0 bridgehead atoms. The number of hydrogen-bond acceptors (Lipinski definition) is 2. The highest BCUT2D eigenvalue weighted by Gasteiger charge is 2.23. The first kappa shape index (κ1) is 14.9. The molecule has 0 aromatic heterocycles. The second-order valence-corrected chi connectivity index (χ2v) is 5.12. The lowest BCUT2D eigenvalue weighted by molar-refractivity contribution is -0.0687. The maximum atomic E-state index is 5.89. The van der Waals surface area contributed by atoms with Crippen LogP contribution in [0.1, 0.15) is 60.3 Å². The third-order valence-electron chi connectivity index (χ3n) is 3.22. The number of hydrogen-bond donors (Lipinski definition) is 0. The largest absolute Gasteiger partial charge is 0.378 e. The van der Waals surface area contributed by atoms with E-state index in [4.69, 9.17) is 9.47 Å². The summed E-state index contributed by atoms with van der Waals surface area (Å²) in [6.45, 7) is 11.6. The number of methoxy groups -OCH3 is 1. The van der Waals surface area contributed by atoms with E-state index in [-0.39, 0.29) is 11.2 Å². The average Bonchev–Trinajstić information content (AvgIpc) is 2.17. The van der Waals surface area contributed by atoms with Crippen LogP contribution in [0.3, 0.4) is 0 Å². The molecule has 1 unspecified atom stereocenters. The molecule has 0 amide bonds. The van der Waals surface area contributed by atoms with Gasteiger partial charge in [-0.1, -0.05) is 20.3 Å². The Labute approximate surface area is 95.3 Å². The summed E-state index contributed by atoms with van der Waals surface area (Å²) in [4.78, 5) is 0. The van der Waals surface area contributed by atoms with Crippen molar-refractivity contribution in [2.24, 2.45) is 0 Å². The van der Waals surface area contributed by atoms with Crippen molar-refractivity contribution in [3.05, 3.63) is 0 Å². The van der Waals surface area contributed by atoms with Gasteiger partial charge in [-0.05, 0) is 40.0 Å². The van der Waals surface area contributed by atoms with Crippen LogP contribution in [0.5, 0.6) is 0 Å². The van der Waals surface area contributed by atoms with Crippen molar-refractivity contribution < 1.29 is 9.47 Å². The van der Waals surface area contributed by atoms with Crippen molar-refractivity contribution in [3.8, 4) is 0 Å². The minimum absolute atomic E-state index is 0.0111. The van der Waals surface area contributed by atoms with E-state index in [0.717, 1.165) is 25.9 Å². The molecule has 0 aromatic rings. The van der Waals surface area contributed by atoms with Gasteiger partial charge >= 0.3 is 0 Å². The predicted molar refractivity (Wildman–Crippen MR) is 65.3 cm³/mol. The standard InChI is InChI=1S/C13H28O2/c1-7-9-12(3,4)15-11-10-13(5,8-2)14-6/h7-11H2,1-6H3. The molecule has 1 atom stereocenters. The zero-order valence-electron chi connectivity index (χ0n) is 11.4. The van der Waals surface area contributed by atoms with Crippen LogP contribution >= 0.6 is 0 Å². The van der Waals surface area contributed by atoms with Gasteiger partial charge in [-0.15, -0.1) is 0 Å². The highest BCUT2D eigenvalue weighted by molar-refractivity contribution is 4.74. The lowest BCUT2D eigenvalue weighted by atomic mass is 9.99. The Morgan fingerprint density at radius 1 is 1.00 bits per heavy atom. The van der Waals surface area contributed by atoms with Gasteiger partial charge in [0.15, 0.2) is 0 Å². The zero-order valence-corrected chi connectivity index (χ0v) is 11.4. The third-order valence-corrected chi connectivity index (χ3v) is 3.22. The molecule has 0 aliphatic heterocycles. The molecule has 0 aliphatic carbocycles. The summed E-state index contributed by atoms with van der Waals surface area (Å²) in [5, 5.41) is 0. The summed E-state index contributed by atoms with van der Waals surface area (Å²) in [6, 6.07) is 0. The third kappa shape index (κ3) is 6.16. The van der Waals surface area contributed by atoms with Crippen molar-refractivity contribution in [1.82, 2.24) is 0 Å². The first-order valence-electron chi connectivity index (χ1n) is 6.08. The summed E-state index contributed by atoms with van der Waals surface area (Å²) < 4.78 is 11.4. The van der Waals surface area contributed by atoms with E-state index in [1.807, 2.05) is 0 Å². The average molecular weight is 216 g/mol. The quantitative estimate of drug-likeness (QED) is 0.614. The minimum atomic E-state index is -0.0255. The van der Waals surface area contributed by atoms with Crippen molar-refractivity contribution in [2.75, 3.05) is 13.7 Å². The van der Waals surface area contributed by atoms with E-state index < -0.39 is 0 Å². The second-order valence-electron chi connectivity index (χ2n) is 5.12. The van der Waals surface area contributed by atoms with Crippen LogP contribution in [-0.2, 0) is 9.47 Å². The Morgan fingerprint density at radius 3 is 2.00 bits per heavy atom. The molecule has 0 saturated carbocycles. The normalized spacial score (nSPS) is 16.4. The molecule has 0 fully saturated rings. The molecule has 0 saturated heterocycles. The van der Waals surface area contributed by atoms with Crippen LogP contribution in [0.25, 0.3) is 0 Å². The molecule has 92 valence electrons. The van der Waals surface area contributed by atoms with Gasteiger partial charge in [0, 0.05) is 7.11 Å². The summed E-state index contributed by atoms with van der Waals surface area (Å²) in [5.41, 5.74) is -0.0144. The van der Waals surface area contributed by atoms with Gasteiger partial charge in [0.05, 0.1) is 17.8 Å². The second kappa shape index (κ2) is 6.49. The maximum absolute atomic E-state index is 5.89. The zero-order chi connectivity index (χ0) is 11.9. The molecule has 0 heterocycles. The van der Waals surface area contributed by atoms with E-state index in [1.54, 1.807) is 7.11 Å². The summed E-state index contributed by atoms with van der Waals surface area (Å²) >= 11 is 0. The Bertz CT molecular complexity index is 160. The summed E-state index contributed by atoms with van der Waals surface area (Å²) in [6.07, 6.45) is 4.28. The smallest absolute Gasteiger partial charge is 0.0670 e. The molecule has 0 aliphatic rings. The first-order chi connectivity index (χ1) is 6.89. The molecular weight excluding hydrogens is 188 g/mol. The monoisotopic (exact) mass is 216 g/mol. The van der Waals surface area contributed by atoms with Gasteiger partial charge in [-0.3, -0.25) is 0 Å². The molecule has 0 radical (unpaired) electrons. The van der Waals surface area contributed by atoms with Crippen LogP contribution in [0.15, 0.2) is 0 Å². The topological polar surface area (TPSA) is 18.5 Å². The van der Waals surface area contributed by atoms with Crippen molar-refractivity contribution in [1.29, 1.82) is 0 Å². The van der Waals surface area contributed by atoms with Gasteiger partial charge in [0.25, 0.3) is 0 Å². The van der Waals surface area contributed by atoms with E-state index >= 15 is 0 Å². The van der Waals surface area contributed by atoms with Gasteiger partial charge in [-0.25, -0.2) is 0 Å². The van der Waals surface area contributed by atoms with Crippen molar-refractivity contribution >= 4 is 0 Å². The summed E-state index contributed by atoms with van der Waals surface area (Å²) in [5.74, 6) is 0. The van der Waals surface area contributed by atoms with Crippen molar-refractivity contribution in [2.45, 2.75) is 71.5 Å². The Morgan fingerprint density at radius 2 is 1.60 bits per heavy atom. The minimum Gasteiger partial charge on any atom is -0.378 e. The highest BCUT2D eigenvalue weighted by Crippen LogP contribution is 2.22. The van der Waals surface area contributed by atoms with Crippen LogP contribution in [0.4, 0.5) is 0 Å². The molecule has 2 nitrogen and oxygen atoms in total. The molecule has 0 spiro atoms. The molecule has 0 rings (SSSR count). The lowest BCUT2D eigenvalue weighted by Crippen LogP contribution is -2.31. The van der Waals surface area contributed by atoms with Crippen LogP contribution < -0.4 is 0 Å². The van der Waals surface area contributed by atoms with Gasteiger partial charge in [-0.2, -0.15) is 0 Å². The summed E-state index contributed by atoms with van der Waals surface area (Å²) in [7, 11) is 1.78. The van der Waals surface area contributed by atoms with Gasteiger partial charge in [0.1, 0.15) is 0 Å². The SMILES string of the molecule is CCCC(C)(C)OCCC(C)(CC)OC. The molecular formula is C13H28O2. The van der Waals surface area contributed by atoms with Gasteiger partial charge in [0.2, 0.25) is 0 Å². The van der Waals surface area contributed by atoms with Crippen LogP contribution in [0.2, 0.25) is 0 Å². The fraction of sp³-hybridized carbons (Fsp3) is 1.00. The first-order valence-corrected chi connectivity index (χ1v) is 6.08. The van der Waals surface area contributed by atoms with Crippen molar-refractivity contribution in [3.63, 3.8) is 0 Å². The Hall–Kier alpha value is -0.0800. The maximum Gasteiger partial charge on any atom is 0.0670 e. The molecule has 0 N–H and O–H groups in total. The van der Waals surface area contributed by atoms with E-state index in [0.29, 0.717) is 0 Å². The molecule has 2 heteroatoms. The Kier molecular flexibility index (Phi) is 6.46. The van der Waals surface area contributed by atoms with E-state index in [1.165, 1.54) is 6.42 Å². The van der Waals surface area contributed by atoms with Crippen LogP contribution in [-0.4, -0.2) is 24.9 Å². The fourth-order valence-corrected chi connectivity index (χ4v) is 1.64. The lowest BCUT2D eigenvalue weighted by Gasteiger charge is -2.30. The predicted octanol–water partition coefficient (Wildman–Crippen LogP) is 3.79. The van der Waals surface area contributed by atoms with E-state index in [9.17, 15) is 0 Å². The molecule has 15 heavy (non-hydrogen) atoms. The van der Waals surface area contributed by atoms with Crippen LogP contribution in [0, 0.1) is 0 Å². The fourth-order valence-electron chi connectivity index (χ4n) is 1.64. The molecule has 0 aromatic carbocycles.